The maximum Gasteiger partial charge on any atom is 0.323 e. The number of urea groups is 1. The van der Waals surface area contributed by atoms with Crippen molar-refractivity contribution in [2.45, 2.75) is 46.4 Å². The molecule has 0 radical (unpaired) electrons. The average Bonchev–Trinajstić information content (AvgIpc) is 3.24. The third kappa shape index (κ3) is 7.32. The first-order chi connectivity index (χ1) is 19.5. The Balaban J connectivity index is 1.57. The molecule has 0 spiro atoms. The van der Waals surface area contributed by atoms with E-state index in [1.807, 2.05) is 26.1 Å². The van der Waals surface area contributed by atoms with E-state index in [1.165, 1.54) is 0 Å². The van der Waals surface area contributed by atoms with Crippen molar-refractivity contribution in [1.29, 1.82) is 0 Å². The standard InChI is InChI=1S/C29H35Cl2N5O5/c1-16-12-36(17(2)15-37)28(38)22-11-21(32-29(39)33-27-18(3)34-41-19(27)4)7-9-25(22)40-26(16)14-35(5)13-20-6-8-23(30)24(31)10-20/h6-11,16-17,26,37H,12-15H2,1-5H3,(H2,32,33,39)/t16-,17+,26+/m0/s1. The van der Waals surface area contributed by atoms with Crippen LogP contribution in [0.25, 0.3) is 0 Å². The molecule has 3 atom stereocenters. The Kier molecular flexibility index (Phi) is 9.80. The molecule has 10 nitrogen and oxygen atoms in total. The molecule has 220 valence electrons. The summed E-state index contributed by atoms with van der Waals surface area (Å²) >= 11 is 12.3. The summed E-state index contributed by atoms with van der Waals surface area (Å²) in [6, 6.07) is 9.60. The lowest BCUT2D eigenvalue weighted by atomic mass is 9.99. The number of carbonyl (C=O) groups is 2. The number of likely N-dealkylation sites (N-methyl/N-ethyl adjacent to an activating group) is 1. The molecule has 3 N–H and O–H groups in total. The van der Waals surface area contributed by atoms with Crippen LogP contribution in [0, 0.1) is 19.8 Å². The van der Waals surface area contributed by atoms with Gasteiger partial charge in [0.05, 0.1) is 28.3 Å². The maximum atomic E-state index is 13.7. The van der Waals surface area contributed by atoms with Gasteiger partial charge < -0.3 is 29.9 Å². The van der Waals surface area contributed by atoms with Crippen LogP contribution in [0.2, 0.25) is 10.0 Å². The molecule has 0 saturated heterocycles. The van der Waals surface area contributed by atoms with E-state index in [1.54, 1.807) is 49.9 Å². The molecule has 4 rings (SSSR count). The van der Waals surface area contributed by atoms with Crippen LogP contribution in [0.5, 0.6) is 5.75 Å². The first-order valence-electron chi connectivity index (χ1n) is 13.3. The second-order valence-corrected chi connectivity index (χ2v) is 11.4. The summed E-state index contributed by atoms with van der Waals surface area (Å²) in [6.45, 7) is 8.64. The van der Waals surface area contributed by atoms with Gasteiger partial charge >= 0.3 is 6.03 Å². The summed E-state index contributed by atoms with van der Waals surface area (Å²) in [7, 11) is 1.99. The Morgan fingerprint density at radius 2 is 1.95 bits per heavy atom. The lowest BCUT2D eigenvalue weighted by Crippen LogP contribution is -2.49. The number of amides is 3. The number of halogens is 2. The quantitative estimate of drug-likeness (QED) is 0.307. The Morgan fingerprint density at radius 1 is 1.20 bits per heavy atom. The van der Waals surface area contributed by atoms with Crippen LogP contribution < -0.4 is 15.4 Å². The van der Waals surface area contributed by atoms with Crippen molar-refractivity contribution in [3.05, 3.63) is 69.0 Å². The smallest absolute Gasteiger partial charge is 0.323 e. The van der Waals surface area contributed by atoms with Gasteiger partial charge in [-0.2, -0.15) is 0 Å². The summed E-state index contributed by atoms with van der Waals surface area (Å²) in [5.41, 5.74) is 2.75. The molecule has 0 saturated carbocycles. The van der Waals surface area contributed by atoms with E-state index in [-0.39, 0.29) is 24.5 Å². The predicted octanol–water partition coefficient (Wildman–Crippen LogP) is 5.59. The molecule has 1 aliphatic heterocycles. The normalized spacial score (nSPS) is 17.9. The summed E-state index contributed by atoms with van der Waals surface area (Å²) in [6.07, 6.45) is -0.273. The van der Waals surface area contributed by atoms with Gasteiger partial charge in [0.1, 0.15) is 23.2 Å². The van der Waals surface area contributed by atoms with Crippen LogP contribution in [0.15, 0.2) is 40.9 Å². The van der Waals surface area contributed by atoms with Crippen molar-refractivity contribution in [2.24, 2.45) is 5.92 Å². The van der Waals surface area contributed by atoms with Gasteiger partial charge in [-0.15, -0.1) is 0 Å². The van der Waals surface area contributed by atoms with E-state index in [0.717, 1.165) is 5.56 Å². The number of fused-ring (bicyclic) bond motifs is 1. The monoisotopic (exact) mass is 603 g/mol. The Labute approximate surface area is 249 Å². The summed E-state index contributed by atoms with van der Waals surface area (Å²) in [5, 5.41) is 20.3. The number of anilines is 2. The molecule has 3 amide bonds. The highest BCUT2D eigenvalue weighted by molar-refractivity contribution is 6.42. The lowest BCUT2D eigenvalue weighted by Gasteiger charge is -2.38. The van der Waals surface area contributed by atoms with Crippen molar-refractivity contribution in [3.8, 4) is 5.75 Å². The molecule has 2 aromatic carbocycles. The Bertz CT molecular complexity index is 1390. The van der Waals surface area contributed by atoms with Gasteiger partial charge in [-0.3, -0.25) is 9.69 Å². The molecular weight excluding hydrogens is 569 g/mol. The van der Waals surface area contributed by atoms with E-state index in [9.17, 15) is 14.7 Å². The first-order valence-corrected chi connectivity index (χ1v) is 14.1. The van der Waals surface area contributed by atoms with E-state index in [4.69, 9.17) is 32.5 Å². The number of hydrogen-bond acceptors (Lipinski definition) is 7. The van der Waals surface area contributed by atoms with Crippen LogP contribution in [-0.2, 0) is 6.54 Å². The van der Waals surface area contributed by atoms with E-state index in [2.05, 4.69) is 20.7 Å². The Hall–Kier alpha value is -3.31. The molecular formula is C29H35Cl2N5O5. The van der Waals surface area contributed by atoms with E-state index in [0.29, 0.717) is 63.8 Å². The maximum absolute atomic E-state index is 13.7. The Morgan fingerprint density at radius 3 is 2.61 bits per heavy atom. The molecule has 41 heavy (non-hydrogen) atoms. The third-order valence-corrected chi connectivity index (χ3v) is 7.86. The minimum Gasteiger partial charge on any atom is -0.488 e. The van der Waals surface area contributed by atoms with Crippen molar-refractivity contribution in [1.82, 2.24) is 15.0 Å². The van der Waals surface area contributed by atoms with Gasteiger partial charge in [0, 0.05) is 31.2 Å². The highest BCUT2D eigenvalue weighted by Gasteiger charge is 2.33. The zero-order valence-corrected chi connectivity index (χ0v) is 25.2. The average molecular weight is 605 g/mol. The number of hydrogen-bond donors (Lipinski definition) is 3. The number of rotatable bonds is 8. The summed E-state index contributed by atoms with van der Waals surface area (Å²) < 4.78 is 11.6. The third-order valence-electron chi connectivity index (χ3n) is 7.12. The van der Waals surface area contributed by atoms with Gasteiger partial charge in [-0.25, -0.2) is 4.79 Å². The lowest BCUT2D eigenvalue weighted by molar-refractivity contribution is 0.0341. The molecule has 3 aromatic rings. The largest absolute Gasteiger partial charge is 0.488 e. The minimum atomic E-state index is -0.505. The molecule has 0 fully saturated rings. The highest BCUT2D eigenvalue weighted by Crippen LogP contribution is 2.31. The van der Waals surface area contributed by atoms with E-state index < -0.39 is 12.1 Å². The van der Waals surface area contributed by atoms with Crippen LogP contribution in [-0.4, -0.2) is 70.9 Å². The van der Waals surface area contributed by atoms with Crippen molar-refractivity contribution in [2.75, 3.05) is 37.4 Å². The number of benzene rings is 2. The second kappa shape index (κ2) is 13.1. The van der Waals surface area contributed by atoms with Gasteiger partial charge in [0.2, 0.25) is 0 Å². The fourth-order valence-corrected chi connectivity index (χ4v) is 5.10. The predicted molar refractivity (Wildman–Crippen MR) is 159 cm³/mol. The van der Waals surface area contributed by atoms with Crippen LogP contribution in [0.4, 0.5) is 16.2 Å². The minimum absolute atomic E-state index is 0.0454. The van der Waals surface area contributed by atoms with Crippen LogP contribution >= 0.6 is 23.2 Å². The number of ether oxygens (including phenoxy) is 1. The van der Waals surface area contributed by atoms with Gasteiger partial charge in [-0.05, 0) is 63.7 Å². The number of aliphatic hydroxyl groups is 1. The highest BCUT2D eigenvalue weighted by atomic mass is 35.5. The molecule has 12 heteroatoms. The molecule has 0 unspecified atom stereocenters. The number of nitrogens with one attached hydrogen (secondary N) is 2. The fraction of sp³-hybridized carbons (Fsp3) is 0.414. The number of aromatic nitrogens is 1. The number of aliphatic hydroxyl groups excluding tert-OH is 1. The van der Waals surface area contributed by atoms with Crippen molar-refractivity contribution in [3.63, 3.8) is 0 Å². The molecule has 1 aromatic heterocycles. The molecule has 0 bridgehead atoms. The van der Waals surface area contributed by atoms with Crippen molar-refractivity contribution < 1.29 is 24.0 Å². The topological polar surface area (TPSA) is 120 Å². The van der Waals surface area contributed by atoms with Crippen LogP contribution in [0.3, 0.4) is 0 Å². The molecule has 0 aliphatic carbocycles. The number of nitrogens with zero attached hydrogens (tertiary/aromatic N) is 3. The van der Waals surface area contributed by atoms with Crippen molar-refractivity contribution >= 4 is 46.5 Å². The van der Waals surface area contributed by atoms with Gasteiger partial charge in [-0.1, -0.05) is 41.3 Å². The second-order valence-electron chi connectivity index (χ2n) is 10.6. The van der Waals surface area contributed by atoms with E-state index >= 15 is 0 Å². The van der Waals surface area contributed by atoms with Crippen LogP contribution in [0.1, 0.15) is 41.2 Å². The number of carbonyl (C=O) groups excluding carboxylic acids is 2. The summed E-state index contributed by atoms with van der Waals surface area (Å²) in [5.74, 6) is 0.556. The van der Waals surface area contributed by atoms with Gasteiger partial charge in [0.15, 0.2) is 5.76 Å². The summed E-state index contributed by atoms with van der Waals surface area (Å²) in [4.78, 5) is 30.2. The first kappa shape index (κ1) is 30.6. The fourth-order valence-electron chi connectivity index (χ4n) is 4.78. The molecule has 1 aliphatic rings. The number of aryl methyl sites for hydroxylation is 2. The van der Waals surface area contributed by atoms with Gasteiger partial charge in [0.25, 0.3) is 5.91 Å². The molecule has 2 heterocycles. The SMILES string of the molecule is Cc1noc(C)c1NC(=O)Nc1ccc2c(c1)C(=O)N([C@H](C)CO)C[C@H](C)[C@@H](CN(C)Cc1ccc(Cl)c(Cl)c1)O2. The zero-order chi connectivity index (χ0) is 29.8. The zero-order valence-electron chi connectivity index (χ0n) is 23.7.